The van der Waals surface area contributed by atoms with Gasteiger partial charge in [-0.1, -0.05) is 0 Å². The summed E-state index contributed by atoms with van der Waals surface area (Å²) >= 11 is 0. The Bertz CT molecular complexity index is 526. The minimum atomic E-state index is 0.177. The fourth-order valence-electron chi connectivity index (χ4n) is 2.69. The minimum absolute atomic E-state index is 0.177. The minimum Gasteiger partial charge on any atom is -0.497 e. The van der Waals surface area contributed by atoms with Crippen LogP contribution < -0.4 is 15.2 Å². The molecule has 1 aliphatic heterocycles. The molecule has 1 aromatic rings. The van der Waals surface area contributed by atoms with E-state index in [1.54, 1.807) is 14.2 Å². The van der Waals surface area contributed by atoms with Gasteiger partial charge in [-0.2, -0.15) is 0 Å². The van der Waals surface area contributed by atoms with Crippen LogP contribution in [-0.2, 0) is 0 Å². The van der Waals surface area contributed by atoms with Crippen molar-refractivity contribution in [3.05, 3.63) is 23.8 Å². The van der Waals surface area contributed by atoms with E-state index in [1.165, 1.54) is 12.8 Å². The smallest absolute Gasteiger partial charge is 0.191 e. The first-order valence-corrected chi connectivity index (χ1v) is 7.01. The third-order valence-corrected chi connectivity index (χ3v) is 4.05. The lowest BCUT2D eigenvalue weighted by molar-refractivity contribution is 0.318. The van der Waals surface area contributed by atoms with Gasteiger partial charge in [0.2, 0.25) is 0 Å². The molecule has 1 heterocycles. The molecule has 0 amide bonds. The molecular formula is C15H21N3O2. The Labute approximate surface area is 119 Å². The summed E-state index contributed by atoms with van der Waals surface area (Å²) in [6.07, 6.45) is 2.60. The molecule has 1 fully saturated rings. The van der Waals surface area contributed by atoms with Gasteiger partial charge >= 0.3 is 0 Å². The second-order valence-corrected chi connectivity index (χ2v) is 5.42. The Hall–Kier alpha value is -1.91. The average molecular weight is 275 g/mol. The lowest BCUT2D eigenvalue weighted by Gasteiger charge is -2.27. The first-order valence-electron chi connectivity index (χ1n) is 7.01. The maximum absolute atomic E-state index is 6.04. The average Bonchev–Trinajstić information content (AvgIpc) is 3.23. The van der Waals surface area contributed by atoms with E-state index < -0.39 is 0 Å². The molecule has 0 aromatic heterocycles. The van der Waals surface area contributed by atoms with Crippen LogP contribution in [-0.4, -0.2) is 38.2 Å². The summed E-state index contributed by atoms with van der Waals surface area (Å²) in [5.74, 6) is 3.06. The zero-order valence-corrected chi connectivity index (χ0v) is 12.0. The van der Waals surface area contributed by atoms with Crippen molar-refractivity contribution in [2.24, 2.45) is 16.6 Å². The zero-order chi connectivity index (χ0) is 14.1. The summed E-state index contributed by atoms with van der Waals surface area (Å²) < 4.78 is 10.8. The molecule has 1 aliphatic carbocycles. The lowest BCUT2D eigenvalue weighted by Crippen LogP contribution is -2.37. The fraction of sp³-hybridized carbons (Fsp3) is 0.533. The van der Waals surface area contributed by atoms with Crippen molar-refractivity contribution in [3.63, 3.8) is 0 Å². The van der Waals surface area contributed by atoms with Crippen LogP contribution >= 0.6 is 0 Å². The van der Waals surface area contributed by atoms with Crippen molar-refractivity contribution < 1.29 is 9.47 Å². The van der Waals surface area contributed by atoms with Crippen molar-refractivity contribution in [2.45, 2.75) is 18.9 Å². The molecule has 1 unspecified atom stereocenters. The molecule has 5 nitrogen and oxygen atoms in total. The van der Waals surface area contributed by atoms with Crippen LogP contribution in [0.3, 0.4) is 0 Å². The van der Waals surface area contributed by atoms with Crippen LogP contribution in [0.5, 0.6) is 11.5 Å². The summed E-state index contributed by atoms with van der Waals surface area (Å²) in [6, 6.07) is 6.11. The summed E-state index contributed by atoms with van der Waals surface area (Å²) in [4.78, 5) is 6.62. The molecule has 20 heavy (non-hydrogen) atoms. The number of rotatable bonds is 5. The van der Waals surface area contributed by atoms with Gasteiger partial charge in [0.25, 0.3) is 0 Å². The second-order valence-electron chi connectivity index (χ2n) is 5.42. The highest BCUT2D eigenvalue weighted by atomic mass is 16.5. The molecule has 108 valence electrons. The molecule has 1 saturated carbocycles. The van der Waals surface area contributed by atoms with Gasteiger partial charge in [-0.25, -0.2) is 0 Å². The Morgan fingerprint density at radius 2 is 2.10 bits per heavy atom. The number of hydrogen-bond acceptors (Lipinski definition) is 5. The van der Waals surface area contributed by atoms with Gasteiger partial charge in [-0.15, -0.1) is 0 Å². The number of hydrogen-bond donors (Lipinski definition) is 1. The third-order valence-electron chi connectivity index (χ3n) is 4.05. The maximum atomic E-state index is 6.04. The van der Waals surface area contributed by atoms with E-state index in [0.29, 0.717) is 12.5 Å². The van der Waals surface area contributed by atoms with E-state index in [9.17, 15) is 0 Å². The van der Waals surface area contributed by atoms with Gasteiger partial charge in [-0.05, 0) is 30.9 Å². The van der Waals surface area contributed by atoms with E-state index in [1.807, 2.05) is 12.1 Å². The van der Waals surface area contributed by atoms with Gasteiger partial charge in [0, 0.05) is 18.2 Å². The largest absolute Gasteiger partial charge is 0.497 e. The van der Waals surface area contributed by atoms with E-state index in [0.717, 1.165) is 29.5 Å². The van der Waals surface area contributed by atoms with E-state index in [2.05, 4.69) is 16.0 Å². The number of guanidine groups is 1. The van der Waals surface area contributed by atoms with Crippen molar-refractivity contribution in [1.29, 1.82) is 0 Å². The van der Waals surface area contributed by atoms with E-state index in [-0.39, 0.29) is 6.04 Å². The highest BCUT2D eigenvalue weighted by molar-refractivity contribution is 5.80. The maximum Gasteiger partial charge on any atom is 0.191 e. The summed E-state index contributed by atoms with van der Waals surface area (Å²) in [5.41, 5.74) is 7.16. The van der Waals surface area contributed by atoms with Gasteiger partial charge in [0.1, 0.15) is 11.5 Å². The van der Waals surface area contributed by atoms with Crippen molar-refractivity contribution in [2.75, 3.05) is 27.3 Å². The fourth-order valence-corrected chi connectivity index (χ4v) is 2.69. The van der Waals surface area contributed by atoms with Crippen LogP contribution in [0.15, 0.2) is 23.2 Å². The van der Waals surface area contributed by atoms with Crippen molar-refractivity contribution in [3.8, 4) is 11.5 Å². The Balaban J connectivity index is 1.87. The molecule has 1 aromatic carbocycles. The van der Waals surface area contributed by atoms with Crippen molar-refractivity contribution in [1.82, 2.24) is 4.90 Å². The van der Waals surface area contributed by atoms with Crippen LogP contribution in [0.2, 0.25) is 0 Å². The van der Waals surface area contributed by atoms with Crippen LogP contribution in [0.4, 0.5) is 0 Å². The molecule has 1 atom stereocenters. The first kappa shape index (κ1) is 13.1. The molecule has 0 bridgehead atoms. The van der Waals surface area contributed by atoms with Crippen LogP contribution in [0, 0.1) is 5.92 Å². The Morgan fingerprint density at radius 1 is 1.30 bits per heavy atom. The topological polar surface area (TPSA) is 60.1 Å². The molecule has 0 spiro atoms. The van der Waals surface area contributed by atoms with Gasteiger partial charge < -0.3 is 20.1 Å². The number of ether oxygens (including phenoxy) is 2. The van der Waals surface area contributed by atoms with Crippen LogP contribution in [0.1, 0.15) is 24.4 Å². The highest BCUT2D eigenvalue weighted by Gasteiger charge is 2.34. The number of nitrogens with zero attached hydrogens (tertiary/aromatic N) is 2. The monoisotopic (exact) mass is 275 g/mol. The highest BCUT2D eigenvalue weighted by Crippen LogP contribution is 2.38. The molecule has 0 saturated heterocycles. The van der Waals surface area contributed by atoms with Crippen LogP contribution in [0.25, 0.3) is 0 Å². The summed E-state index contributed by atoms with van der Waals surface area (Å²) in [6.45, 7) is 1.69. The predicted molar refractivity (Wildman–Crippen MR) is 78.2 cm³/mol. The summed E-state index contributed by atoms with van der Waals surface area (Å²) in [5, 5.41) is 0. The normalized spacial score (nSPS) is 21.8. The molecule has 2 aliphatic rings. The van der Waals surface area contributed by atoms with E-state index >= 15 is 0 Å². The predicted octanol–water partition coefficient (Wildman–Crippen LogP) is 1.79. The number of benzene rings is 1. The summed E-state index contributed by atoms with van der Waals surface area (Å²) in [7, 11) is 3.34. The number of nitrogens with two attached hydrogens (primary N) is 1. The Morgan fingerprint density at radius 3 is 2.75 bits per heavy atom. The van der Waals surface area contributed by atoms with Gasteiger partial charge in [0.05, 0.1) is 26.8 Å². The zero-order valence-electron chi connectivity index (χ0n) is 12.0. The SMILES string of the molecule is COc1ccc(C2CN=C(N)N2CC2CC2)c(OC)c1. The van der Waals surface area contributed by atoms with Crippen molar-refractivity contribution >= 4 is 5.96 Å². The molecular weight excluding hydrogens is 254 g/mol. The first-order chi connectivity index (χ1) is 9.72. The third kappa shape index (κ3) is 2.40. The lowest BCUT2D eigenvalue weighted by atomic mass is 10.0. The van der Waals surface area contributed by atoms with Gasteiger partial charge in [-0.3, -0.25) is 4.99 Å². The number of aliphatic imine (C=N–C) groups is 1. The van der Waals surface area contributed by atoms with E-state index in [4.69, 9.17) is 15.2 Å². The molecule has 2 N–H and O–H groups in total. The second kappa shape index (κ2) is 5.23. The quantitative estimate of drug-likeness (QED) is 0.890. The number of methoxy groups -OCH3 is 2. The Kier molecular flexibility index (Phi) is 3.42. The van der Waals surface area contributed by atoms with Gasteiger partial charge in [0.15, 0.2) is 5.96 Å². The standard InChI is InChI=1S/C15H21N3O2/c1-19-11-5-6-12(14(7-11)20-2)13-8-17-15(16)18(13)9-10-3-4-10/h5-7,10,13H,3-4,8-9H2,1-2H3,(H2,16,17). The molecule has 3 rings (SSSR count). The molecule has 0 radical (unpaired) electrons. The molecule has 5 heteroatoms.